The predicted molar refractivity (Wildman–Crippen MR) is 269 cm³/mol. The molecule has 4 nitrogen and oxygen atoms in total. The van der Waals surface area contributed by atoms with Gasteiger partial charge in [-0.2, -0.15) is 0 Å². The fourth-order valence-corrected chi connectivity index (χ4v) is 9.88. The maximum absolute atomic E-state index is 9.84. The van der Waals surface area contributed by atoms with Crippen LogP contribution in [0.2, 0.25) is 0 Å². The number of aromatic nitrogens is 4. The highest BCUT2D eigenvalue weighted by molar-refractivity contribution is 7.25. The molecule has 0 spiro atoms. The Morgan fingerprint density at radius 2 is 1.03 bits per heavy atom. The van der Waals surface area contributed by atoms with Gasteiger partial charge in [-0.05, 0) is 92.3 Å². The summed E-state index contributed by atoms with van der Waals surface area (Å²) < 4.78 is 113. The van der Waals surface area contributed by atoms with Gasteiger partial charge in [-0.15, -0.1) is 11.3 Å². The summed E-state index contributed by atoms with van der Waals surface area (Å²) in [6.07, 6.45) is 0. The molecule has 13 aromatic rings. The van der Waals surface area contributed by atoms with Crippen LogP contribution in [0.25, 0.3) is 126 Å². The minimum Gasteiger partial charge on any atom is -0.309 e. The minimum absolute atomic E-state index is 0.125. The van der Waals surface area contributed by atoms with Crippen molar-refractivity contribution in [3.8, 4) is 62.1 Å². The molecule has 0 aliphatic heterocycles. The van der Waals surface area contributed by atoms with Gasteiger partial charge < -0.3 is 4.57 Å². The van der Waals surface area contributed by atoms with Gasteiger partial charge in [-0.3, -0.25) is 0 Å². The number of thiophene rings is 1. The van der Waals surface area contributed by atoms with Crippen LogP contribution in [-0.4, -0.2) is 19.5 Å². The highest BCUT2D eigenvalue weighted by Gasteiger charge is 2.21. The van der Waals surface area contributed by atoms with E-state index in [-0.39, 0.29) is 33.3 Å². The molecule has 0 saturated heterocycles. The Bertz CT molecular complexity index is 4660. The zero-order valence-electron chi connectivity index (χ0n) is 45.6. The fourth-order valence-electron chi connectivity index (χ4n) is 8.73. The number of hydrogen-bond donors (Lipinski definition) is 0. The molecule has 13 rings (SSSR count). The molecule has 298 valence electrons. The third-order valence-corrected chi connectivity index (χ3v) is 12.9. The van der Waals surface area contributed by atoms with Crippen molar-refractivity contribution in [2.75, 3.05) is 0 Å². The Labute approximate surface area is 389 Å². The lowest BCUT2D eigenvalue weighted by Gasteiger charge is -2.17. The Morgan fingerprint density at radius 1 is 0.375 bits per heavy atom. The van der Waals surface area contributed by atoms with E-state index in [0.29, 0.717) is 28.3 Å². The van der Waals surface area contributed by atoms with Crippen LogP contribution in [0.3, 0.4) is 0 Å². The van der Waals surface area contributed by atoms with E-state index in [1.54, 1.807) is 17.4 Å². The van der Waals surface area contributed by atoms with Crippen LogP contribution in [0.15, 0.2) is 218 Å². The standard InChI is InChI=1S/C59H36N4S/c1-3-13-37(14-4-1)41-28-31-53-50(34-41)46-19-9-11-21-52(46)63(53)54-32-29-43(42-26-25-39-24-23-38-15-7-8-18-45(38)49(39)33-42)35-51(54)59-61-57(40-16-5-2-6-17-40)60-58(62-59)44-27-30-48-47-20-10-12-22-55(47)64-56(48)36-44/h1-36H/i1D,3D,4D,9D,11D,13D,14D,19D,21D,28D,31D,34D. The number of nitrogens with zero attached hydrogens (tertiary/aromatic N) is 4. The molecule has 0 fully saturated rings. The van der Waals surface area contributed by atoms with Gasteiger partial charge in [0.2, 0.25) is 0 Å². The van der Waals surface area contributed by atoms with E-state index in [2.05, 4.69) is 60.7 Å². The van der Waals surface area contributed by atoms with E-state index in [1.807, 2.05) is 78.9 Å². The molecular formula is C59H36N4S. The highest BCUT2D eigenvalue weighted by atomic mass is 32.1. The Kier molecular flexibility index (Phi) is 6.03. The second-order valence-corrected chi connectivity index (χ2v) is 16.6. The molecule has 0 saturated carbocycles. The first-order valence-corrected chi connectivity index (χ1v) is 21.4. The zero-order valence-corrected chi connectivity index (χ0v) is 34.4. The maximum Gasteiger partial charge on any atom is 0.166 e. The SMILES string of the molecule is [2H]c1c([2H])c([2H])c(-c2c([2H])c([2H])c3c(c2[2H])c2c([2H])c([2H])c([2H])c([2H])c2n3-c2ccc(-c3ccc4ccc5ccccc5c4c3)cc2-c2nc(-c3ccccc3)nc(-c3ccc4c(c3)sc3ccccc34)n2)c([2H])c1[2H]. The number of rotatable bonds is 6. The van der Waals surface area contributed by atoms with E-state index in [1.165, 1.54) is 4.57 Å². The summed E-state index contributed by atoms with van der Waals surface area (Å²) in [5, 5.41) is 6.05. The Morgan fingerprint density at radius 3 is 1.92 bits per heavy atom. The van der Waals surface area contributed by atoms with Crippen molar-refractivity contribution in [1.29, 1.82) is 0 Å². The first-order chi connectivity index (χ1) is 36.7. The molecular weight excluding hydrogens is 797 g/mol. The van der Waals surface area contributed by atoms with Crippen molar-refractivity contribution >= 4 is 74.9 Å². The summed E-state index contributed by atoms with van der Waals surface area (Å²) in [6, 6.07) is 40.2. The summed E-state index contributed by atoms with van der Waals surface area (Å²) in [5.41, 5.74) is 2.33. The van der Waals surface area contributed by atoms with Crippen LogP contribution < -0.4 is 0 Å². The van der Waals surface area contributed by atoms with E-state index in [0.717, 1.165) is 52.8 Å². The van der Waals surface area contributed by atoms with Crippen molar-refractivity contribution in [2.24, 2.45) is 0 Å². The molecule has 0 atom stereocenters. The number of hydrogen-bond acceptors (Lipinski definition) is 4. The molecule has 0 aliphatic carbocycles. The molecule has 0 unspecified atom stereocenters. The van der Waals surface area contributed by atoms with Crippen LogP contribution in [-0.2, 0) is 0 Å². The van der Waals surface area contributed by atoms with Crippen LogP contribution in [0.1, 0.15) is 16.4 Å². The highest BCUT2D eigenvalue weighted by Crippen LogP contribution is 2.41. The molecule has 0 aliphatic rings. The first-order valence-electron chi connectivity index (χ1n) is 26.6. The van der Waals surface area contributed by atoms with Gasteiger partial charge in [0.25, 0.3) is 0 Å². The zero-order chi connectivity index (χ0) is 52.6. The summed E-state index contributed by atoms with van der Waals surface area (Å²) in [4.78, 5) is 15.5. The van der Waals surface area contributed by atoms with Gasteiger partial charge in [-0.1, -0.05) is 170 Å². The molecule has 3 aromatic heterocycles. The largest absolute Gasteiger partial charge is 0.309 e. The minimum atomic E-state index is -0.703. The summed E-state index contributed by atoms with van der Waals surface area (Å²) >= 11 is 1.65. The number of para-hydroxylation sites is 1. The van der Waals surface area contributed by atoms with Crippen molar-refractivity contribution in [2.45, 2.75) is 0 Å². The van der Waals surface area contributed by atoms with E-state index < -0.39 is 83.6 Å². The van der Waals surface area contributed by atoms with Crippen LogP contribution in [0.5, 0.6) is 0 Å². The summed E-state index contributed by atoms with van der Waals surface area (Å²) in [5.74, 6) is 0.840. The van der Waals surface area contributed by atoms with Crippen molar-refractivity contribution in [3.05, 3.63) is 218 Å². The van der Waals surface area contributed by atoms with Crippen LogP contribution in [0, 0.1) is 0 Å². The molecule has 5 heteroatoms. The Hall–Kier alpha value is -8.25. The second kappa shape index (κ2) is 14.7. The number of fused-ring (bicyclic) bond motifs is 9. The van der Waals surface area contributed by atoms with Gasteiger partial charge in [-0.25, -0.2) is 15.0 Å². The van der Waals surface area contributed by atoms with Crippen molar-refractivity contribution in [1.82, 2.24) is 19.5 Å². The monoisotopic (exact) mass is 844 g/mol. The Balaban J connectivity index is 1.16. The van der Waals surface area contributed by atoms with Gasteiger partial charge in [0.05, 0.1) is 33.2 Å². The first kappa shape index (κ1) is 26.3. The topological polar surface area (TPSA) is 43.6 Å². The second-order valence-electron chi connectivity index (χ2n) is 15.5. The smallest absolute Gasteiger partial charge is 0.166 e. The van der Waals surface area contributed by atoms with Crippen molar-refractivity contribution in [3.63, 3.8) is 0 Å². The van der Waals surface area contributed by atoms with Gasteiger partial charge in [0.1, 0.15) is 0 Å². The lowest BCUT2D eigenvalue weighted by molar-refractivity contribution is 1.07. The fraction of sp³-hybridized carbons (Fsp3) is 0. The molecule has 64 heavy (non-hydrogen) atoms. The maximum atomic E-state index is 9.84. The average Bonchev–Trinajstić information content (AvgIpc) is 4.24. The molecule has 0 bridgehead atoms. The summed E-state index contributed by atoms with van der Waals surface area (Å²) in [7, 11) is 0. The lowest BCUT2D eigenvalue weighted by Crippen LogP contribution is -2.04. The van der Waals surface area contributed by atoms with Gasteiger partial charge >= 0.3 is 0 Å². The van der Waals surface area contributed by atoms with E-state index in [4.69, 9.17) is 24.5 Å². The molecule has 3 heterocycles. The third kappa shape index (κ3) is 6.01. The molecule has 0 amide bonds. The average molecular weight is 845 g/mol. The lowest BCUT2D eigenvalue weighted by atomic mass is 9.95. The quantitative estimate of drug-likeness (QED) is 0.157. The normalized spacial score (nSPS) is 14.4. The van der Waals surface area contributed by atoms with Crippen LogP contribution in [0.4, 0.5) is 0 Å². The summed E-state index contributed by atoms with van der Waals surface area (Å²) in [6.45, 7) is 0. The van der Waals surface area contributed by atoms with Crippen LogP contribution >= 0.6 is 11.3 Å². The van der Waals surface area contributed by atoms with Crippen molar-refractivity contribution < 1.29 is 16.4 Å². The van der Waals surface area contributed by atoms with Gasteiger partial charge in [0.15, 0.2) is 17.5 Å². The molecule has 10 aromatic carbocycles. The predicted octanol–water partition coefficient (Wildman–Crippen LogP) is 16.0. The molecule has 0 N–H and O–H groups in total. The number of benzene rings is 10. The van der Waals surface area contributed by atoms with Gasteiger partial charge in [0, 0.05) is 47.6 Å². The van der Waals surface area contributed by atoms with E-state index >= 15 is 0 Å². The molecule has 0 radical (unpaired) electrons. The van der Waals surface area contributed by atoms with E-state index in [9.17, 15) is 6.85 Å². The third-order valence-electron chi connectivity index (χ3n) is 11.8.